The highest BCUT2D eigenvalue weighted by Crippen LogP contribution is 2.31. The summed E-state index contributed by atoms with van der Waals surface area (Å²) in [5.74, 6) is -2.16. The van der Waals surface area contributed by atoms with Crippen molar-refractivity contribution >= 4 is 41.0 Å². The standard InChI is InChI=1S/C24H27N5O6/c1-3-35-23(34)15-8-10-29(11-9-15)24-27-20-19(22(33)28-24)17(12-18(31)26-20)21(32)25-16-6-4-14(5-7-16)13(2)30/h4-7,15,17H,3,8-12H2,1-2H3,(H,25,32)(H2,26,27,28,31,33). The van der Waals surface area contributed by atoms with E-state index in [2.05, 4.69) is 20.6 Å². The van der Waals surface area contributed by atoms with Crippen LogP contribution in [0, 0.1) is 5.92 Å². The average molecular weight is 482 g/mol. The van der Waals surface area contributed by atoms with Crippen LogP contribution in [-0.4, -0.2) is 53.2 Å². The summed E-state index contributed by atoms with van der Waals surface area (Å²) in [6, 6.07) is 6.35. The van der Waals surface area contributed by atoms with Crippen molar-refractivity contribution in [3.05, 3.63) is 45.7 Å². The topological polar surface area (TPSA) is 151 Å². The number of piperidine rings is 1. The molecule has 11 nitrogen and oxygen atoms in total. The predicted octanol–water partition coefficient (Wildman–Crippen LogP) is 1.82. The summed E-state index contributed by atoms with van der Waals surface area (Å²) < 4.78 is 5.09. The molecule has 0 aliphatic carbocycles. The Hall–Kier alpha value is -4.02. The molecule has 0 bridgehead atoms. The van der Waals surface area contributed by atoms with Gasteiger partial charge in [-0.15, -0.1) is 0 Å². The van der Waals surface area contributed by atoms with Gasteiger partial charge in [0.05, 0.1) is 24.0 Å². The van der Waals surface area contributed by atoms with E-state index in [-0.39, 0.29) is 41.4 Å². The summed E-state index contributed by atoms with van der Waals surface area (Å²) in [5.41, 5.74) is 0.528. The summed E-state index contributed by atoms with van der Waals surface area (Å²) in [5, 5.41) is 5.31. The van der Waals surface area contributed by atoms with Gasteiger partial charge in [0.15, 0.2) is 5.78 Å². The minimum absolute atomic E-state index is 0.0552. The second-order valence-electron chi connectivity index (χ2n) is 8.59. The first-order chi connectivity index (χ1) is 16.8. The third kappa shape index (κ3) is 5.23. The number of carbonyl (C=O) groups excluding carboxylic acids is 4. The number of hydrogen-bond acceptors (Lipinski definition) is 8. The molecule has 2 aliphatic heterocycles. The molecule has 11 heteroatoms. The molecule has 2 aliphatic rings. The van der Waals surface area contributed by atoms with Crippen molar-refractivity contribution in [2.45, 2.75) is 39.0 Å². The van der Waals surface area contributed by atoms with Crippen LogP contribution in [0.5, 0.6) is 0 Å². The highest BCUT2D eigenvalue weighted by molar-refractivity contribution is 6.04. The largest absolute Gasteiger partial charge is 0.466 e. The minimum Gasteiger partial charge on any atom is -0.466 e. The normalized spacial score (nSPS) is 17.8. The van der Waals surface area contributed by atoms with Crippen molar-refractivity contribution in [2.24, 2.45) is 5.92 Å². The number of amides is 2. The number of hydrogen-bond donors (Lipinski definition) is 3. The van der Waals surface area contributed by atoms with E-state index in [9.17, 15) is 24.0 Å². The van der Waals surface area contributed by atoms with Gasteiger partial charge in [-0.1, -0.05) is 0 Å². The van der Waals surface area contributed by atoms with Gasteiger partial charge in [0.1, 0.15) is 5.82 Å². The summed E-state index contributed by atoms with van der Waals surface area (Å²) in [6.07, 6.45) is 0.915. The minimum atomic E-state index is -1.02. The molecule has 2 amide bonds. The number of rotatable bonds is 6. The summed E-state index contributed by atoms with van der Waals surface area (Å²) in [4.78, 5) is 70.8. The van der Waals surface area contributed by atoms with Crippen LogP contribution in [0.3, 0.4) is 0 Å². The Morgan fingerprint density at radius 3 is 2.46 bits per heavy atom. The second kappa shape index (κ2) is 10.1. The van der Waals surface area contributed by atoms with Gasteiger partial charge in [-0.2, -0.15) is 4.98 Å². The molecule has 3 N–H and O–H groups in total. The first kappa shape index (κ1) is 24.1. The number of ether oxygens (including phenoxy) is 1. The lowest BCUT2D eigenvalue weighted by Gasteiger charge is -2.32. The van der Waals surface area contributed by atoms with Crippen LogP contribution in [0.15, 0.2) is 29.1 Å². The molecule has 1 aromatic heterocycles. The van der Waals surface area contributed by atoms with E-state index in [0.29, 0.717) is 43.8 Å². The molecule has 1 aromatic carbocycles. The molecule has 0 saturated carbocycles. The molecule has 1 fully saturated rings. The number of nitrogens with one attached hydrogen (secondary N) is 3. The van der Waals surface area contributed by atoms with Crippen molar-refractivity contribution < 1.29 is 23.9 Å². The van der Waals surface area contributed by atoms with Gasteiger partial charge in [-0.3, -0.25) is 29.0 Å². The third-order valence-electron chi connectivity index (χ3n) is 6.23. The Kier molecular flexibility index (Phi) is 6.94. The van der Waals surface area contributed by atoms with E-state index in [0.717, 1.165) is 0 Å². The molecule has 184 valence electrons. The number of anilines is 3. The van der Waals surface area contributed by atoms with Gasteiger partial charge in [-0.05, 0) is 51.0 Å². The molecule has 1 unspecified atom stereocenters. The van der Waals surface area contributed by atoms with E-state index in [4.69, 9.17) is 4.74 Å². The SMILES string of the molecule is CCOC(=O)C1CCN(c2nc3c(c(=O)[nH]2)C(C(=O)Nc2ccc(C(C)=O)cc2)CC(=O)N3)CC1. The number of aromatic nitrogens is 2. The quantitative estimate of drug-likeness (QED) is 0.418. The Labute approximate surface area is 201 Å². The number of fused-ring (bicyclic) bond motifs is 1. The molecular formula is C24H27N5O6. The zero-order valence-electron chi connectivity index (χ0n) is 19.6. The Morgan fingerprint density at radius 1 is 1.14 bits per heavy atom. The lowest BCUT2D eigenvalue weighted by Crippen LogP contribution is -2.41. The zero-order valence-corrected chi connectivity index (χ0v) is 19.6. The van der Waals surface area contributed by atoms with Crippen LogP contribution >= 0.6 is 0 Å². The number of nitrogens with zero attached hydrogens (tertiary/aromatic N) is 2. The van der Waals surface area contributed by atoms with Crippen molar-refractivity contribution in [1.29, 1.82) is 0 Å². The molecular weight excluding hydrogens is 454 g/mol. The van der Waals surface area contributed by atoms with Gasteiger partial charge < -0.3 is 20.3 Å². The summed E-state index contributed by atoms with van der Waals surface area (Å²) in [6.45, 7) is 4.51. The molecule has 2 aromatic rings. The average Bonchev–Trinajstić information content (AvgIpc) is 2.83. The van der Waals surface area contributed by atoms with Crippen molar-refractivity contribution in [2.75, 3.05) is 35.2 Å². The number of esters is 1. The van der Waals surface area contributed by atoms with Crippen molar-refractivity contribution in [3.8, 4) is 0 Å². The maximum absolute atomic E-state index is 13.0. The molecule has 4 rings (SSSR count). The number of benzene rings is 1. The maximum Gasteiger partial charge on any atom is 0.309 e. The molecule has 35 heavy (non-hydrogen) atoms. The Morgan fingerprint density at radius 2 is 1.83 bits per heavy atom. The predicted molar refractivity (Wildman–Crippen MR) is 127 cm³/mol. The molecule has 0 radical (unpaired) electrons. The van der Waals surface area contributed by atoms with Crippen LogP contribution in [0.1, 0.15) is 54.9 Å². The van der Waals surface area contributed by atoms with E-state index in [1.165, 1.54) is 6.92 Å². The number of H-pyrrole nitrogens is 1. The van der Waals surface area contributed by atoms with Gasteiger partial charge in [-0.25, -0.2) is 0 Å². The van der Waals surface area contributed by atoms with E-state index in [1.54, 1.807) is 31.2 Å². The third-order valence-corrected chi connectivity index (χ3v) is 6.23. The fourth-order valence-corrected chi connectivity index (χ4v) is 4.34. The van der Waals surface area contributed by atoms with Crippen molar-refractivity contribution in [1.82, 2.24) is 9.97 Å². The lowest BCUT2D eigenvalue weighted by atomic mass is 9.92. The fourth-order valence-electron chi connectivity index (χ4n) is 4.34. The van der Waals surface area contributed by atoms with Crippen LogP contribution in [0.2, 0.25) is 0 Å². The summed E-state index contributed by atoms with van der Waals surface area (Å²) >= 11 is 0. The second-order valence-corrected chi connectivity index (χ2v) is 8.59. The van der Waals surface area contributed by atoms with Gasteiger partial charge in [0.25, 0.3) is 5.56 Å². The molecule has 1 atom stereocenters. The van der Waals surface area contributed by atoms with Gasteiger partial charge in [0, 0.05) is 30.8 Å². The number of ketones is 1. The van der Waals surface area contributed by atoms with Crippen LogP contribution in [-0.2, 0) is 19.1 Å². The van der Waals surface area contributed by atoms with Crippen LogP contribution in [0.4, 0.5) is 17.5 Å². The van der Waals surface area contributed by atoms with E-state index in [1.807, 2.05) is 4.90 Å². The Bertz CT molecular complexity index is 1210. The van der Waals surface area contributed by atoms with E-state index < -0.39 is 23.3 Å². The zero-order chi connectivity index (χ0) is 25.1. The number of aromatic amines is 1. The molecule has 0 spiro atoms. The van der Waals surface area contributed by atoms with E-state index >= 15 is 0 Å². The van der Waals surface area contributed by atoms with Crippen molar-refractivity contribution in [3.63, 3.8) is 0 Å². The number of Topliss-reactive ketones (excluding diaryl/α,β-unsaturated/α-hetero) is 1. The smallest absolute Gasteiger partial charge is 0.309 e. The van der Waals surface area contributed by atoms with Gasteiger partial charge in [0.2, 0.25) is 17.8 Å². The first-order valence-corrected chi connectivity index (χ1v) is 11.5. The number of carbonyl (C=O) groups is 4. The molecule has 1 saturated heterocycles. The van der Waals surface area contributed by atoms with Crippen LogP contribution in [0.25, 0.3) is 0 Å². The first-order valence-electron chi connectivity index (χ1n) is 11.5. The van der Waals surface area contributed by atoms with Gasteiger partial charge >= 0.3 is 5.97 Å². The highest BCUT2D eigenvalue weighted by Gasteiger charge is 2.36. The fraction of sp³-hybridized carbons (Fsp3) is 0.417. The highest BCUT2D eigenvalue weighted by atomic mass is 16.5. The Balaban J connectivity index is 1.52. The summed E-state index contributed by atoms with van der Waals surface area (Å²) in [7, 11) is 0. The van der Waals surface area contributed by atoms with Crippen LogP contribution < -0.4 is 21.1 Å². The monoisotopic (exact) mass is 481 g/mol. The lowest BCUT2D eigenvalue weighted by molar-refractivity contribution is -0.148. The maximum atomic E-state index is 13.0. The molecule has 3 heterocycles.